The van der Waals surface area contributed by atoms with Crippen molar-refractivity contribution in [3.05, 3.63) is 294 Å². The summed E-state index contributed by atoms with van der Waals surface area (Å²) in [6.07, 6.45) is 2.38. The molecule has 0 saturated heterocycles. The van der Waals surface area contributed by atoms with Crippen LogP contribution in [0.3, 0.4) is 0 Å². The molecule has 8 aromatic carbocycles. The summed E-state index contributed by atoms with van der Waals surface area (Å²) < 4.78 is 4.72. The second kappa shape index (κ2) is 18.3. The molecule has 2 nitrogen and oxygen atoms in total. The van der Waals surface area contributed by atoms with Crippen LogP contribution in [0, 0.1) is 0 Å². The maximum absolute atomic E-state index is 2.36. The van der Waals surface area contributed by atoms with Gasteiger partial charge in [-0.05, 0) is 44.5 Å². The van der Waals surface area contributed by atoms with Crippen LogP contribution in [-0.2, 0) is 14.1 Å². The highest BCUT2D eigenvalue weighted by molar-refractivity contribution is 7.27. The van der Waals surface area contributed by atoms with Crippen LogP contribution >= 0.6 is 0 Å². The van der Waals surface area contributed by atoms with Gasteiger partial charge >= 0.3 is 0 Å². The third-order valence-electron chi connectivity index (χ3n) is 12.2. The monoisotopic (exact) mass is 796 g/mol. The first-order chi connectivity index (χ1) is 30.7. The minimum Gasteiger partial charge on any atom is -0.272 e. The van der Waals surface area contributed by atoms with Gasteiger partial charge in [-0.15, -0.1) is 0 Å². The summed E-state index contributed by atoms with van der Waals surface area (Å²) in [4.78, 5) is 0. The Kier molecular flexibility index (Phi) is 11.7. The number of hydrogen-bond acceptors (Lipinski definition) is 0. The van der Waals surface area contributed by atoms with Gasteiger partial charge in [0.1, 0.15) is 12.4 Å². The van der Waals surface area contributed by atoms with Gasteiger partial charge in [-0.2, -0.15) is 16.4 Å². The number of benzene rings is 8. The Labute approximate surface area is 366 Å². The van der Waals surface area contributed by atoms with Crippen LogP contribution in [-0.4, -0.2) is 10.7 Å². The van der Waals surface area contributed by atoms with E-state index in [0.29, 0.717) is 0 Å². The van der Waals surface area contributed by atoms with Crippen LogP contribution in [0.4, 0.5) is 0 Å². The molecule has 0 unspecified atom stereocenters. The molecule has 0 saturated carbocycles. The highest BCUT2D eigenvalue weighted by atomic mass is 15.1. The molecular formula is C59H49BN2. The van der Waals surface area contributed by atoms with Crippen LogP contribution in [0.1, 0.15) is 33.4 Å². The second-order valence-electron chi connectivity index (χ2n) is 15.8. The zero-order valence-corrected chi connectivity index (χ0v) is 35.3. The van der Waals surface area contributed by atoms with Gasteiger partial charge in [0.2, 0.25) is 6.15 Å². The normalized spacial score (nSPS) is 13.6. The molecule has 298 valence electrons. The van der Waals surface area contributed by atoms with Gasteiger partial charge < -0.3 is 0 Å². The largest absolute Gasteiger partial charge is 0.272 e. The SMILES string of the molecule is Cn1cc[n+](C)c1[B-]1(c2ccccc2)C(c2ccccc2)=C(c2ccccc2)C(c2ccccc2)=C(c2ccccc2)C(c2ccccc2)=C1c1ccccc1.c1ccccc1. The minimum atomic E-state index is -2.04. The van der Waals surface area contributed by atoms with E-state index in [1.807, 2.05) is 36.4 Å². The molecule has 1 aromatic heterocycles. The van der Waals surface area contributed by atoms with E-state index in [4.69, 9.17) is 0 Å². The van der Waals surface area contributed by atoms with Crippen LogP contribution in [0.25, 0.3) is 33.2 Å². The molecular weight excluding hydrogens is 747 g/mol. The molecule has 0 aliphatic carbocycles. The molecule has 3 heteroatoms. The Hall–Kier alpha value is -7.75. The quantitative estimate of drug-likeness (QED) is 0.107. The molecule has 0 fully saturated rings. The van der Waals surface area contributed by atoms with Crippen molar-refractivity contribution >= 4 is 50.6 Å². The summed E-state index contributed by atoms with van der Waals surface area (Å²) in [6.45, 7) is 0. The number of hydrogen-bond donors (Lipinski definition) is 0. The predicted octanol–water partition coefficient (Wildman–Crippen LogP) is 12.0. The van der Waals surface area contributed by atoms with E-state index in [0.717, 1.165) is 11.1 Å². The summed E-state index contributed by atoms with van der Waals surface area (Å²) >= 11 is 0. The van der Waals surface area contributed by atoms with Crippen molar-refractivity contribution in [2.75, 3.05) is 0 Å². The minimum absolute atomic E-state index is 1.16. The average molecular weight is 797 g/mol. The zero-order valence-electron chi connectivity index (χ0n) is 35.3. The van der Waals surface area contributed by atoms with Crippen molar-refractivity contribution in [2.45, 2.75) is 0 Å². The fourth-order valence-corrected chi connectivity index (χ4v) is 9.80. The van der Waals surface area contributed by atoms with Crippen LogP contribution in [0.15, 0.2) is 261 Å². The maximum Gasteiger partial charge on any atom is 0.203 e. The van der Waals surface area contributed by atoms with Gasteiger partial charge in [-0.25, -0.2) is 0 Å². The molecule has 0 bridgehead atoms. The Balaban J connectivity index is 0.000000754. The van der Waals surface area contributed by atoms with Crippen molar-refractivity contribution in [1.82, 2.24) is 4.57 Å². The fraction of sp³-hybridized carbons (Fsp3) is 0.0339. The summed E-state index contributed by atoms with van der Waals surface area (Å²) in [7, 11) is 4.43. The third-order valence-corrected chi connectivity index (χ3v) is 12.2. The van der Waals surface area contributed by atoms with Crippen molar-refractivity contribution in [3.63, 3.8) is 0 Å². The lowest BCUT2D eigenvalue weighted by molar-refractivity contribution is -0.653. The lowest BCUT2D eigenvalue weighted by Gasteiger charge is -2.46. The summed E-state index contributed by atoms with van der Waals surface area (Å²) in [5.74, 6) is 0. The number of aryl methyl sites for hydroxylation is 2. The molecule has 62 heavy (non-hydrogen) atoms. The number of imidazole rings is 1. The first-order valence-corrected chi connectivity index (χ1v) is 21.5. The molecule has 0 radical (unpaired) electrons. The van der Waals surface area contributed by atoms with E-state index in [9.17, 15) is 0 Å². The number of aromatic nitrogens is 2. The van der Waals surface area contributed by atoms with E-state index < -0.39 is 6.15 Å². The lowest BCUT2D eigenvalue weighted by atomic mass is 9.12. The van der Waals surface area contributed by atoms with Crippen molar-refractivity contribution in [1.29, 1.82) is 0 Å². The van der Waals surface area contributed by atoms with Crippen molar-refractivity contribution in [2.24, 2.45) is 14.1 Å². The molecule has 0 N–H and O–H groups in total. The first kappa shape index (κ1) is 39.7. The molecule has 0 spiro atoms. The van der Waals surface area contributed by atoms with E-state index >= 15 is 0 Å². The molecule has 0 amide bonds. The van der Waals surface area contributed by atoms with Gasteiger partial charge in [0.15, 0.2) is 0 Å². The predicted molar refractivity (Wildman–Crippen MR) is 264 cm³/mol. The number of nitrogens with zero attached hydrogens (tertiary/aromatic N) is 2. The summed E-state index contributed by atoms with van der Waals surface area (Å²) in [5.41, 5.74) is 16.8. The Morgan fingerprint density at radius 3 is 0.871 bits per heavy atom. The molecule has 0 atom stereocenters. The van der Waals surface area contributed by atoms with Gasteiger partial charge in [0.25, 0.3) is 0 Å². The van der Waals surface area contributed by atoms with Crippen molar-refractivity contribution in [3.8, 4) is 0 Å². The molecule has 9 aromatic rings. The Bertz CT molecular complexity index is 2760. The lowest BCUT2D eigenvalue weighted by Crippen LogP contribution is -2.71. The molecule has 1 aliphatic rings. The Morgan fingerprint density at radius 1 is 0.323 bits per heavy atom. The van der Waals surface area contributed by atoms with E-state index in [2.05, 4.69) is 248 Å². The van der Waals surface area contributed by atoms with E-state index in [-0.39, 0.29) is 0 Å². The van der Waals surface area contributed by atoms with E-state index in [1.54, 1.807) is 0 Å². The highest BCUT2D eigenvalue weighted by Gasteiger charge is 2.49. The van der Waals surface area contributed by atoms with Crippen LogP contribution in [0.2, 0.25) is 0 Å². The number of allylic oxidation sites excluding steroid dienone is 4. The first-order valence-electron chi connectivity index (χ1n) is 21.5. The maximum atomic E-state index is 2.36. The van der Waals surface area contributed by atoms with Gasteiger partial charge in [-0.3, -0.25) is 9.13 Å². The third kappa shape index (κ3) is 7.50. The summed E-state index contributed by atoms with van der Waals surface area (Å²) in [5, 5.41) is 0. The van der Waals surface area contributed by atoms with Gasteiger partial charge in [0, 0.05) is 0 Å². The standard InChI is InChI=1S/C53H43BN2.C6H6/c1-55-38-39-56(2)53(55)54(46-36-22-9-23-37-46)51(44-32-18-7-19-33-44)49(42-28-14-5-15-29-42)47(40-24-10-3-11-25-40)48(41-26-12-4-13-27-41)50(43-30-16-6-17-31-43)52(54)45-34-20-8-21-35-45;1-2-4-6-5-3-1/h3-39H,1-2H3;1-6H. The van der Waals surface area contributed by atoms with Crippen molar-refractivity contribution < 1.29 is 4.57 Å². The smallest absolute Gasteiger partial charge is 0.203 e. The molecule has 1 aliphatic heterocycles. The van der Waals surface area contributed by atoms with Gasteiger partial charge in [-0.1, -0.05) is 260 Å². The zero-order chi connectivity index (χ0) is 42.1. The highest BCUT2D eigenvalue weighted by Crippen LogP contribution is 2.56. The number of rotatable bonds is 8. The van der Waals surface area contributed by atoms with Crippen LogP contribution < -0.4 is 15.8 Å². The fourth-order valence-electron chi connectivity index (χ4n) is 9.80. The second-order valence-corrected chi connectivity index (χ2v) is 15.8. The molecule has 2 heterocycles. The molecule has 10 rings (SSSR count). The van der Waals surface area contributed by atoms with Gasteiger partial charge in [0.05, 0.1) is 19.8 Å². The Morgan fingerprint density at radius 2 is 0.581 bits per heavy atom. The summed E-state index contributed by atoms with van der Waals surface area (Å²) in [6, 6.07) is 90.0. The topological polar surface area (TPSA) is 8.81 Å². The van der Waals surface area contributed by atoms with E-state index in [1.165, 1.54) is 66.7 Å². The van der Waals surface area contributed by atoms with Crippen LogP contribution in [0.5, 0.6) is 0 Å². The average Bonchev–Trinajstić information content (AvgIpc) is 3.64.